The number of halogens is 4. The smallest absolute Gasteiger partial charge is 0.406 e. The van der Waals surface area contributed by atoms with Gasteiger partial charge in [-0.3, -0.25) is 0 Å². The molecule has 0 atom stereocenters. The van der Waals surface area contributed by atoms with Gasteiger partial charge in [-0.25, -0.2) is 0 Å². The average molecular weight is 252 g/mol. The number of benzene rings is 1. The maximum Gasteiger partial charge on any atom is 0.573 e. The second-order valence-electron chi connectivity index (χ2n) is 2.81. The van der Waals surface area contributed by atoms with Gasteiger partial charge in [-0.05, 0) is 24.3 Å². The number of anilines is 1. The first-order valence-electron chi connectivity index (χ1n) is 4.36. The van der Waals surface area contributed by atoms with Gasteiger partial charge in [-0.15, -0.1) is 13.2 Å². The first-order valence-corrected chi connectivity index (χ1v) is 4.80. The van der Waals surface area contributed by atoms with Crippen molar-refractivity contribution in [2.24, 2.45) is 0 Å². The Labute approximate surface area is 95.7 Å². The number of alkyl halides is 3. The molecule has 0 aliphatic heterocycles. The van der Waals surface area contributed by atoms with Crippen LogP contribution in [0.3, 0.4) is 0 Å². The highest BCUT2D eigenvalue weighted by molar-refractivity contribution is 6.25. The van der Waals surface area contributed by atoms with Gasteiger partial charge < -0.3 is 10.1 Å². The van der Waals surface area contributed by atoms with E-state index >= 15 is 0 Å². The van der Waals surface area contributed by atoms with Gasteiger partial charge in [0.2, 0.25) is 0 Å². The molecule has 2 nitrogen and oxygen atoms in total. The monoisotopic (exact) mass is 251 g/mol. The number of hydrogen-bond acceptors (Lipinski definition) is 2. The van der Waals surface area contributed by atoms with E-state index in [0.29, 0.717) is 12.2 Å². The Morgan fingerprint density at radius 1 is 1.25 bits per heavy atom. The molecule has 0 saturated heterocycles. The Hall–Kier alpha value is -1.36. The van der Waals surface area contributed by atoms with Crippen molar-refractivity contribution in [3.8, 4) is 5.75 Å². The topological polar surface area (TPSA) is 21.3 Å². The molecule has 0 aliphatic carbocycles. The van der Waals surface area contributed by atoms with Crippen molar-refractivity contribution in [1.29, 1.82) is 0 Å². The minimum atomic E-state index is -4.66. The van der Waals surface area contributed by atoms with Gasteiger partial charge >= 0.3 is 6.36 Å². The summed E-state index contributed by atoms with van der Waals surface area (Å²) in [5.74, 6) is -0.245. The minimum Gasteiger partial charge on any atom is -0.406 e. The average Bonchev–Trinajstić information content (AvgIpc) is 2.19. The Morgan fingerprint density at radius 2 is 1.88 bits per heavy atom. The van der Waals surface area contributed by atoms with Gasteiger partial charge in [-0.1, -0.05) is 17.7 Å². The van der Waals surface area contributed by atoms with Crippen molar-refractivity contribution in [3.63, 3.8) is 0 Å². The van der Waals surface area contributed by atoms with E-state index in [2.05, 4.69) is 10.1 Å². The summed E-state index contributed by atoms with van der Waals surface area (Å²) >= 11 is 5.30. The highest BCUT2D eigenvalue weighted by Gasteiger charge is 2.30. The molecule has 1 aromatic rings. The lowest BCUT2D eigenvalue weighted by molar-refractivity contribution is -0.274. The van der Waals surface area contributed by atoms with E-state index in [4.69, 9.17) is 11.6 Å². The molecule has 0 bridgehead atoms. The SMILES string of the molecule is FC(F)(F)Oc1ccc(NC/C=C/Cl)cc1. The van der Waals surface area contributed by atoms with E-state index in [1.54, 1.807) is 6.08 Å². The lowest BCUT2D eigenvalue weighted by Gasteiger charge is -2.09. The molecule has 6 heteroatoms. The molecule has 0 saturated carbocycles. The third-order valence-electron chi connectivity index (χ3n) is 1.60. The summed E-state index contributed by atoms with van der Waals surface area (Å²) in [7, 11) is 0. The van der Waals surface area contributed by atoms with Gasteiger partial charge in [-0.2, -0.15) is 0 Å². The number of hydrogen-bond donors (Lipinski definition) is 1. The fourth-order valence-corrected chi connectivity index (χ4v) is 1.08. The predicted molar refractivity (Wildman–Crippen MR) is 56.6 cm³/mol. The van der Waals surface area contributed by atoms with Crippen LogP contribution in [-0.4, -0.2) is 12.9 Å². The van der Waals surface area contributed by atoms with Crippen LogP contribution >= 0.6 is 11.6 Å². The Morgan fingerprint density at radius 3 is 2.38 bits per heavy atom. The molecular weight excluding hydrogens is 243 g/mol. The zero-order chi connectivity index (χ0) is 12.0. The molecule has 0 aromatic heterocycles. The van der Waals surface area contributed by atoms with Crippen molar-refractivity contribution in [2.75, 3.05) is 11.9 Å². The van der Waals surface area contributed by atoms with Crippen molar-refractivity contribution in [3.05, 3.63) is 35.9 Å². The zero-order valence-corrected chi connectivity index (χ0v) is 8.85. The van der Waals surface area contributed by atoms with E-state index in [1.165, 1.54) is 29.8 Å². The third kappa shape index (κ3) is 4.93. The van der Waals surface area contributed by atoms with E-state index in [9.17, 15) is 13.2 Å². The highest BCUT2D eigenvalue weighted by Crippen LogP contribution is 2.23. The van der Waals surface area contributed by atoms with Crippen LogP contribution in [0.4, 0.5) is 18.9 Å². The fraction of sp³-hybridized carbons (Fsp3) is 0.200. The predicted octanol–water partition coefficient (Wildman–Crippen LogP) is 3.75. The molecule has 0 heterocycles. The van der Waals surface area contributed by atoms with Gasteiger partial charge in [0.15, 0.2) is 0 Å². The molecular formula is C10H9ClF3NO. The second-order valence-corrected chi connectivity index (χ2v) is 3.07. The fourth-order valence-electron chi connectivity index (χ4n) is 0.996. The first-order chi connectivity index (χ1) is 7.51. The summed E-state index contributed by atoms with van der Waals surface area (Å²) in [6.45, 7) is 0.503. The molecule has 0 spiro atoms. The first kappa shape index (κ1) is 12.7. The van der Waals surface area contributed by atoms with E-state index in [0.717, 1.165) is 0 Å². The van der Waals surface area contributed by atoms with Gasteiger partial charge in [0.1, 0.15) is 5.75 Å². The molecule has 0 amide bonds. The maximum absolute atomic E-state index is 11.8. The van der Waals surface area contributed by atoms with Crippen LogP contribution < -0.4 is 10.1 Å². The van der Waals surface area contributed by atoms with Crippen LogP contribution in [-0.2, 0) is 0 Å². The summed E-state index contributed by atoms with van der Waals surface area (Å²) in [6, 6.07) is 5.45. The quantitative estimate of drug-likeness (QED) is 0.880. The lowest BCUT2D eigenvalue weighted by atomic mass is 10.3. The van der Waals surface area contributed by atoms with E-state index < -0.39 is 6.36 Å². The highest BCUT2D eigenvalue weighted by atomic mass is 35.5. The van der Waals surface area contributed by atoms with Crippen LogP contribution in [0.25, 0.3) is 0 Å². The summed E-state index contributed by atoms with van der Waals surface area (Å²) in [6.07, 6.45) is -2.99. The van der Waals surface area contributed by atoms with E-state index in [-0.39, 0.29) is 5.75 Å². The Bertz CT molecular complexity index is 348. The standard InChI is InChI=1S/C10H9ClF3NO/c11-6-1-7-15-8-2-4-9(5-3-8)16-10(12,13)14/h1-6,15H,7H2/b6-1+. The summed E-state index contributed by atoms with van der Waals surface area (Å²) in [5.41, 5.74) is 2.04. The molecule has 0 radical (unpaired) electrons. The van der Waals surface area contributed by atoms with Crippen LogP contribution in [0.5, 0.6) is 5.75 Å². The maximum atomic E-state index is 11.8. The molecule has 0 aliphatic rings. The van der Waals surface area contributed by atoms with Crippen molar-refractivity contribution < 1.29 is 17.9 Å². The zero-order valence-electron chi connectivity index (χ0n) is 8.09. The van der Waals surface area contributed by atoms with Gasteiger partial charge in [0.25, 0.3) is 0 Å². The Kier molecular flexibility index (Phi) is 4.49. The molecule has 88 valence electrons. The number of rotatable bonds is 4. The van der Waals surface area contributed by atoms with Crippen LogP contribution in [0.1, 0.15) is 0 Å². The van der Waals surface area contributed by atoms with Gasteiger partial charge in [0.05, 0.1) is 0 Å². The normalized spacial score (nSPS) is 11.8. The Balaban J connectivity index is 2.54. The van der Waals surface area contributed by atoms with Gasteiger partial charge in [0, 0.05) is 17.8 Å². The molecule has 0 unspecified atom stereocenters. The number of ether oxygens (including phenoxy) is 1. The summed E-state index contributed by atoms with van der Waals surface area (Å²) < 4.78 is 39.2. The molecule has 1 N–H and O–H groups in total. The number of nitrogens with one attached hydrogen (secondary N) is 1. The lowest BCUT2D eigenvalue weighted by Crippen LogP contribution is -2.17. The minimum absolute atomic E-state index is 0.245. The third-order valence-corrected chi connectivity index (χ3v) is 1.78. The van der Waals surface area contributed by atoms with Crippen molar-refractivity contribution >= 4 is 17.3 Å². The largest absolute Gasteiger partial charge is 0.573 e. The molecule has 16 heavy (non-hydrogen) atoms. The van der Waals surface area contributed by atoms with Crippen LogP contribution in [0.2, 0.25) is 0 Å². The molecule has 1 rings (SSSR count). The van der Waals surface area contributed by atoms with Crippen LogP contribution in [0, 0.1) is 0 Å². The molecule has 1 aromatic carbocycles. The van der Waals surface area contributed by atoms with Crippen molar-refractivity contribution in [1.82, 2.24) is 0 Å². The van der Waals surface area contributed by atoms with Crippen molar-refractivity contribution in [2.45, 2.75) is 6.36 Å². The summed E-state index contributed by atoms with van der Waals surface area (Å²) in [5, 5.41) is 2.93. The second kappa shape index (κ2) is 5.65. The van der Waals surface area contributed by atoms with Crippen LogP contribution in [0.15, 0.2) is 35.9 Å². The summed E-state index contributed by atoms with van der Waals surface area (Å²) in [4.78, 5) is 0. The molecule has 0 fully saturated rings. The van der Waals surface area contributed by atoms with E-state index in [1.807, 2.05) is 0 Å².